The molecule has 0 saturated carbocycles. The third kappa shape index (κ3) is 4.28. The van der Waals surface area contributed by atoms with Crippen LogP contribution >= 0.6 is 0 Å². The van der Waals surface area contributed by atoms with Crippen LogP contribution in [0.15, 0.2) is 48.8 Å². The summed E-state index contributed by atoms with van der Waals surface area (Å²) in [6, 6.07) is 11.7. The number of carbonyl (C=O) groups excluding carboxylic acids is 2. The molecule has 0 unspecified atom stereocenters. The summed E-state index contributed by atoms with van der Waals surface area (Å²) >= 11 is 0. The summed E-state index contributed by atoms with van der Waals surface area (Å²) < 4.78 is 0. The Balaban J connectivity index is 1.53. The third-order valence-electron chi connectivity index (χ3n) is 6.40. The summed E-state index contributed by atoms with van der Waals surface area (Å²) in [7, 11) is 0. The first-order valence-electron chi connectivity index (χ1n) is 11.2. The standard InChI is InChI=1S/C25H26N6O2/c1-15-8-9-18(14-31(15)16(2)32)25-29-22(17-5-4-10-26-13-17)12-23(30-25)27-20-6-3-7-21-19(20)11-24(33)28-21/h3-7,10,12-13,15,18H,8-9,11,14H2,1-2H3,(H,28,33)(H,27,29,30)/t15-,18+/m0/s1. The number of anilines is 3. The van der Waals surface area contributed by atoms with E-state index in [1.165, 1.54) is 0 Å². The van der Waals surface area contributed by atoms with Gasteiger partial charge in [-0.2, -0.15) is 0 Å². The molecule has 2 aliphatic rings. The average Bonchev–Trinajstić information content (AvgIpc) is 3.21. The van der Waals surface area contributed by atoms with Gasteiger partial charge < -0.3 is 15.5 Å². The Kier molecular flexibility index (Phi) is 5.50. The molecule has 2 amide bonds. The lowest BCUT2D eigenvalue weighted by molar-refractivity contribution is -0.132. The number of rotatable bonds is 4. The highest BCUT2D eigenvalue weighted by Gasteiger charge is 2.30. The van der Waals surface area contributed by atoms with Crippen LogP contribution in [0.25, 0.3) is 11.3 Å². The van der Waals surface area contributed by atoms with E-state index in [9.17, 15) is 9.59 Å². The lowest BCUT2D eigenvalue weighted by atomic mass is 9.92. The summed E-state index contributed by atoms with van der Waals surface area (Å²) in [5.41, 5.74) is 4.26. The number of likely N-dealkylation sites (tertiary alicyclic amines) is 1. The maximum absolute atomic E-state index is 12.1. The molecule has 5 rings (SSSR count). The SMILES string of the molecule is CC(=O)N1C[C@H](c2nc(Nc3cccc4c3CC(=O)N4)cc(-c3cccnc3)n2)CC[C@@H]1C. The van der Waals surface area contributed by atoms with Crippen LogP contribution in [-0.4, -0.2) is 44.3 Å². The van der Waals surface area contributed by atoms with Gasteiger partial charge in [-0.05, 0) is 44.0 Å². The zero-order valence-electron chi connectivity index (χ0n) is 18.7. The van der Waals surface area contributed by atoms with Gasteiger partial charge in [-0.25, -0.2) is 9.97 Å². The Morgan fingerprint density at radius 1 is 1.18 bits per heavy atom. The smallest absolute Gasteiger partial charge is 0.228 e. The van der Waals surface area contributed by atoms with Crippen molar-refractivity contribution in [3.8, 4) is 11.3 Å². The Hall–Kier alpha value is -3.81. The molecule has 2 aromatic heterocycles. The van der Waals surface area contributed by atoms with Crippen LogP contribution < -0.4 is 10.6 Å². The molecule has 8 nitrogen and oxygen atoms in total. The second-order valence-corrected chi connectivity index (χ2v) is 8.71. The van der Waals surface area contributed by atoms with E-state index in [0.717, 1.165) is 41.0 Å². The maximum atomic E-state index is 12.1. The van der Waals surface area contributed by atoms with E-state index in [1.807, 2.05) is 41.3 Å². The molecule has 0 spiro atoms. The number of aromatic nitrogens is 3. The number of nitrogens with one attached hydrogen (secondary N) is 2. The second kappa shape index (κ2) is 8.61. The quantitative estimate of drug-likeness (QED) is 0.636. The summed E-state index contributed by atoms with van der Waals surface area (Å²) in [5, 5.41) is 6.30. The van der Waals surface area contributed by atoms with Crippen LogP contribution in [0.3, 0.4) is 0 Å². The largest absolute Gasteiger partial charge is 0.340 e. The average molecular weight is 443 g/mol. The van der Waals surface area contributed by atoms with Crippen LogP contribution in [0, 0.1) is 0 Å². The predicted molar refractivity (Wildman–Crippen MR) is 126 cm³/mol. The van der Waals surface area contributed by atoms with Gasteiger partial charge in [-0.1, -0.05) is 6.07 Å². The maximum Gasteiger partial charge on any atom is 0.228 e. The fourth-order valence-corrected chi connectivity index (χ4v) is 4.64. The Morgan fingerprint density at radius 2 is 2.06 bits per heavy atom. The number of benzene rings is 1. The molecule has 33 heavy (non-hydrogen) atoms. The van der Waals surface area contributed by atoms with E-state index in [1.54, 1.807) is 19.3 Å². The lowest BCUT2D eigenvalue weighted by Crippen LogP contribution is -2.44. The summed E-state index contributed by atoms with van der Waals surface area (Å²) in [4.78, 5) is 39.9. The zero-order chi connectivity index (χ0) is 22.9. The molecule has 0 bridgehead atoms. The fraction of sp³-hybridized carbons (Fsp3) is 0.320. The first-order chi connectivity index (χ1) is 16.0. The van der Waals surface area contributed by atoms with Crippen molar-refractivity contribution >= 4 is 29.0 Å². The molecule has 168 valence electrons. The summed E-state index contributed by atoms with van der Waals surface area (Å²) in [5.74, 6) is 1.47. The number of amides is 2. The number of piperidine rings is 1. The molecule has 1 fully saturated rings. The van der Waals surface area contributed by atoms with Crippen LogP contribution in [0.4, 0.5) is 17.2 Å². The third-order valence-corrected chi connectivity index (χ3v) is 6.40. The Labute approximate surface area is 192 Å². The normalized spacial score (nSPS) is 19.7. The van der Waals surface area contributed by atoms with E-state index in [2.05, 4.69) is 22.5 Å². The number of fused-ring (bicyclic) bond motifs is 1. The second-order valence-electron chi connectivity index (χ2n) is 8.71. The van der Waals surface area contributed by atoms with Gasteiger partial charge in [0.25, 0.3) is 0 Å². The molecule has 4 heterocycles. The molecule has 3 aromatic rings. The van der Waals surface area contributed by atoms with Gasteiger partial charge in [-0.15, -0.1) is 0 Å². The lowest BCUT2D eigenvalue weighted by Gasteiger charge is -2.37. The van der Waals surface area contributed by atoms with Gasteiger partial charge in [0.1, 0.15) is 11.6 Å². The van der Waals surface area contributed by atoms with E-state index >= 15 is 0 Å². The van der Waals surface area contributed by atoms with E-state index in [0.29, 0.717) is 24.6 Å². The van der Waals surface area contributed by atoms with Crippen molar-refractivity contribution in [2.75, 3.05) is 17.2 Å². The van der Waals surface area contributed by atoms with Crippen molar-refractivity contribution in [2.24, 2.45) is 0 Å². The van der Waals surface area contributed by atoms with Gasteiger partial charge in [0.15, 0.2) is 0 Å². The Bertz CT molecular complexity index is 1210. The van der Waals surface area contributed by atoms with Gasteiger partial charge in [0, 0.05) is 66.4 Å². The van der Waals surface area contributed by atoms with E-state index in [4.69, 9.17) is 9.97 Å². The van der Waals surface area contributed by atoms with Gasteiger partial charge in [0.05, 0.1) is 12.1 Å². The molecule has 2 N–H and O–H groups in total. The first-order valence-corrected chi connectivity index (χ1v) is 11.2. The summed E-state index contributed by atoms with van der Waals surface area (Å²) in [6.45, 7) is 4.30. The zero-order valence-corrected chi connectivity index (χ0v) is 18.7. The van der Waals surface area contributed by atoms with Gasteiger partial charge in [-0.3, -0.25) is 14.6 Å². The minimum atomic E-state index is -0.0145. The van der Waals surface area contributed by atoms with Crippen LogP contribution in [0.1, 0.15) is 44.0 Å². The number of nitrogens with zero attached hydrogens (tertiary/aromatic N) is 4. The fourth-order valence-electron chi connectivity index (χ4n) is 4.64. The van der Waals surface area contributed by atoms with Gasteiger partial charge in [0.2, 0.25) is 11.8 Å². The molecule has 2 aliphatic heterocycles. The highest BCUT2D eigenvalue weighted by molar-refractivity contribution is 6.01. The minimum Gasteiger partial charge on any atom is -0.340 e. The first kappa shape index (κ1) is 21.1. The molecule has 2 atom stereocenters. The van der Waals surface area contributed by atoms with E-state index < -0.39 is 0 Å². The molecule has 1 aromatic carbocycles. The van der Waals surface area contributed by atoms with Crippen molar-refractivity contribution in [2.45, 2.75) is 45.1 Å². The topological polar surface area (TPSA) is 100 Å². The number of hydrogen-bond acceptors (Lipinski definition) is 6. The monoisotopic (exact) mass is 442 g/mol. The highest BCUT2D eigenvalue weighted by Crippen LogP contribution is 2.34. The minimum absolute atomic E-state index is 0.0145. The van der Waals surface area contributed by atoms with Crippen LogP contribution in [-0.2, 0) is 16.0 Å². The van der Waals surface area contributed by atoms with Crippen molar-refractivity contribution in [3.63, 3.8) is 0 Å². The molecule has 1 saturated heterocycles. The van der Waals surface area contributed by atoms with Crippen LogP contribution in [0.2, 0.25) is 0 Å². The predicted octanol–water partition coefficient (Wildman–Crippen LogP) is 3.89. The molecular formula is C25H26N6O2. The van der Waals surface area contributed by atoms with Gasteiger partial charge >= 0.3 is 0 Å². The van der Waals surface area contributed by atoms with E-state index in [-0.39, 0.29) is 23.8 Å². The molecule has 0 radical (unpaired) electrons. The molecule has 8 heteroatoms. The van der Waals surface area contributed by atoms with Crippen LogP contribution in [0.5, 0.6) is 0 Å². The Morgan fingerprint density at radius 3 is 2.85 bits per heavy atom. The molecule has 0 aliphatic carbocycles. The highest BCUT2D eigenvalue weighted by atomic mass is 16.2. The van der Waals surface area contributed by atoms with Crippen molar-refractivity contribution in [1.29, 1.82) is 0 Å². The number of carbonyl (C=O) groups is 2. The van der Waals surface area contributed by atoms with Crippen molar-refractivity contribution in [1.82, 2.24) is 19.9 Å². The summed E-state index contributed by atoms with van der Waals surface area (Å²) in [6.07, 6.45) is 5.67. The van der Waals surface area contributed by atoms with Crippen molar-refractivity contribution in [3.05, 3.63) is 60.2 Å². The van der Waals surface area contributed by atoms with Crippen molar-refractivity contribution < 1.29 is 9.59 Å². The number of pyridine rings is 1. The molecular weight excluding hydrogens is 416 g/mol. The number of hydrogen-bond donors (Lipinski definition) is 2.